The van der Waals surface area contributed by atoms with Crippen molar-refractivity contribution in [1.82, 2.24) is 4.90 Å². The molecule has 1 fully saturated rings. The Balaban J connectivity index is 2.61. The third-order valence-corrected chi connectivity index (χ3v) is 3.43. The van der Waals surface area contributed by atoms with Gasteiger partial charge in [0.25, 0.3) is 0 Å². The standard InChI is InChI=1S/C11H23FN2/c1-2-8-14(9-7-12)11(10-13)5-3-4-6-11/h2-10,13H2,1H3. The van der Waals surface area contributed by atoms with Crippen LogP contribution in [-0.4, -0.2) is 36.7 Å². The van der Waals surface area contributed by atoms with Crippen molar-refractivity contribution in [2.75, 3.05) is 26.3 Å². The van der Waals surface area contributed by atoms with Crippen molar-refractivity contribution in [3.8, 4) is 0 Å². The zero-order valence-corrected chi connectivity index (χ0v) is 9.27. The van der Waals surface area contributed by atoms with Gasteiger partial charge in [-0.1, -0.05) is 19.8 Å². The molecule has 0 atom stereocenters. The fourth-order valence-electron chi connectivity index (χ4n) is 2.64. The third kappa shape index (κ3) is 2.45. The maximum absolute atomic E-state index is 12.4. The van der Waals surface area contributed by atoms with E-state index in [9.17, 15) is 4.39 Å². The van der Waals surface area contributed by atoms with Crippen LogP contribution in [0.25, 0.3) is 0 Å². The number of hydrogen-bond donors (Lipinski definition) is 1. The molecule has 3 heteroatoms. The molecule has 2 nitrogen and oxygen atoms in total. The van der Waals surface area contributed by atoms with E-state index in [1.165, 1.54) is 12.8 Å². The summed E-state index contributed by atoms with van der Waals surface area (Å²) in [7, 11) is 0. The van der Waals surface area contributed by atoms with E-state index in [4.69, 9.17) is 5.73 Å². The van der Waals surface area contributed by atoms with Gasteiger partial charge >= 0.3 is 0 Å². The largest absolute Gasteiger partial charge is 0.329 e. The van der Waals surface area contributed by atoms with Crippen LogP contribution in [0.5, 0.6) is 0 Å². The average molecular weight is 202 g/mol. The summed E-state index contributed by atoms with van der Waals surface area (Å²) >= 11 is 0. The van der Waals surface area contributed by atoms with Crippen molar-refractivity contribution < 1.29 is 4.39 Å². The van der Waals surface area contributed by atoms with Gasteiger partial charge in [0.15, 0.2) is 0 Å². The molecule has 2 N–H and O–H groups in total. The van der Waals surface area contributed by atoms with E-state index in [-0.39, 0.29) is 12.2 Å². The second-order valence-corrected chi connectivity index (χ2v) is 4.31. The lowest BCUT2D eigenvalue weighted by Crippen LogP contribution is -2.53. The van der Waals surface area contributed by atoms with Crippen LogP contribution in [0.4, 0.5) is 4.39 Å². The highest BCUT2D eigenvalue weighted by molar-refractivity contribution is 4.95. The minimum Gasteiger partial charge on any atom is -0.329 e. The molecule has 14 heavy (non-hydrogen) atoms. The summed E-state index contributed by atoms with van der Waals surface area (Å²) in [5.41, 5.74) is 5.99. The van der Waals surface area contributed by atoms with Crippen LogP contribution >= 0.6 is 0 Å². The second kappa shape index (κ2) is 5.66. The van der Waals surface area contributed by atoms with Crippen molar-refractivity contribution in [3.05, 3.63) is 0 Å². The fourth-order valence-corrected chi connectivity index (χ4v) is 2.64. The lowest BCUT2D eigenvalue weighted by atomic mass is 9.95. The number of nitrogens with two attached hydrogens (primary N) is 1. The smallest absolute Gasteiger partial charge is 0.102 e. The van der Waals surface area contributed by atoms with E-state index in [1.54, 1.807) is 0 Å². The Hall–Kier alpha value is -0.150. The van der Waals surface area contributed by atoms with Gasteiger partial charge in [-0.25, -0.2) is 4.39 Å². The van der Waals surface area contributed by atoms with Gasteiger partial charge < -0.3 is 5.73 Å². The number of alkyl halides is 1. The molecule has 0 aromatic rings. The Morgan fingerprint density at radius 3 is 2.36 bits per heavy atom. The lowest BCUT2D eigenvalue weighted by Gasteiger charge is -2.40. The predicted molar refractivity (Wildman–Crippen MR) is 58.1 cm³/mol. The summed E-state index contributed by atoms with van der Waals surface area (Å²) in [6, 6.07) is 0. The molecule has 1 aliphatic rings. The van der Waals surface area contributed by atoms with Gasteiger partial charge in [-0.2, -0.15) is 0 Å². The summed E-state index contributed by atoms with van der Waals surface area (Å²) in [5, 5.41) is 0. The van der Waals surface area contributed by atoms with E-state index >= 15 is 0 Å². The molecule has 1 rings (SSSR count). The maximum Gasteiger partial charge on any atom is 0.102 e. The SMILES string of the molecule is CCCN(CCF)C1(CN)CCCC1. The number of nitrogens with zero attached hydrogens (tertiary/aromatic N) is 1. The van der Waals surface area contributed by atoms with Gasteiger partial charge in [-0.3, -0.25) is 4.90 Å². The van der Waals surface area contributed by atoms with E-state index in [1.807, 2.05) is 0 Å². The highest BCUT2D eigenvalue weighted by Crippen LogP contribution is 2.34. The third-order valence-electron chi connectivity index (χ3n) is 3.43. The lowest BCUT2D eigenvalue weighted by molar-refractivity contribution is 0.0909. The molecule has 0 bridgehead atoms. The first kappa shape index (κ1) is 11.9. The molecule has 0 aromatic heterocycles. The van der Waals surface area contributed by atoms with Crippen LogP contribution in [0.2, 0.25) is 0 Å². The number of halogens is 1. The zero-order valence-electron chi connectivity index (χ0n) is 9.27. The van der Waals surface area contributed by atoms with Crippen LogP contribution < -0.4 is 5.73 Å². The summed E-state index contributed by atoms with van der Waals surface area (Å²) < 4.78 is 12.4. The van der Waals surface area contributed by atoms with Crippen LogP contribution in [0.1, 0.15) is 39.0 Å². The number of hydrogen-bond acceptors (Lipinski definition) is 2. The summed E-state index contributed by atoms with van der Waals surface area (Å²) in [5.74, 6) is 0. The molecule has 0 aromatic carbocycles. The molecule has 1 aliphatic carbocycles. The minimum absolute atomic E-state index is 0.127. The van der Waals surface area contributed by atoms with Gasteiger partial charge in [0.1, 0.15) is 6.67 Å². The molecule has 84 valence electrons. The van der Waals surface area contributed by atoms with Gasteiger partial charge in [0.05, 0.1) is 0 Å². The first-order valence-electron chi connectivity index (χ1n) is 5.80. The predicted octanol–water partition coefficient (Wildman–Crippen LogP) is 1.94. The molecular formula is C11H23FN2. The van der Waals surface area contributed by atoms with E-state index in [0.29, 0.717) is 13.1 Å². The van der Waals surface area contributed by atoms with Crippen molar-refractivity contribution in [2.45, 2.75) is 44.6 Å². The van der Waals surface area contributed by atoms with Crippen LogP contribution in [0, 0.1) is 0 Å². The Morgan fingerprint density at radius 1 is 1.29 bits per heavy atom. The molecular weight excluding hydrogens is 179 g/mol. The Labute approximate surface area is 86.6 Å². The molecule has 0 amide bonds. The molecule has 0 heterocycles. The molecule has 0 unspecified atom stereocenters. The van der Waals surface area contributed by atoms with Crippen LogP contribution in [0.3, 0.4) is 0 Å². The molecule has 0 radical (unpaired) electrons. The monoisotopic (exact) mass is 202 g/mol. The summed E-state index contributed by atoms with van der Waals surface area (Å²) in [4.78, 5) is 2.28. The van der Waals surface area contributed by atoms with E-state index in [2.05, 4.69) is 11.8 Å². The summed E-state index contributed by atoms with van der Waals surface area (Å²) in [6.45, 7) is 4.13. The van der Waals surface area contributed by atoms with Crippen molar-refractivity contribution in [3.63, 3.8) is 0 Å². The first-order chi connectivity index (χ1) is 6.79. The second-order valence-electron chi connectivity index (χ2n) is 4.31. The number of rotatable bonds is 6. The van der Waals surface area contributed by atoms with E-state index in [0.717, 1.165) is 25.8 Å². The first-order valence-corrected chi connectivity index (χ1v) is 5.80. The summed E-state index contributed by atoms with van der Waals surface area (Å²) in [6.07, 6.45) is 5.90. The van der Waals surface area contributed by atoms with Gasteiger partial charge in [0.2, 0.25) is 0 Å². The Kier molecular flexibility index (Phi) is 4.82. The quantitative estimate of drug-likeness (QED) is 0.713. The fraction of sp³-hybridized carbons (Fsp3) is 1.00. The highest BCUT2D eigenvalue weighted by atomic mass is 19.1. The topological polar surface area (TPSA) is 29.3 Å². The molecule has 0 saturated heterocycles. The van der Waals surface area contributed by atoms with E-state index < -0.39 is 0 Å². The van der Waals surface area contributed by atoms with Gasteiger partial charge in [0, 0.05) is 18.6 Å². The van der Waals surface area contributed by atoms with Crippen molar-refractivity contribution in [1.29, 1.82) is 0 Å². The van der Waals surface area contributed by atoms with Crippen LogP contribution in [-0.2, 0) is 0 Å². The highest BCUT2D eigenvalue weighted by Gasteiger charge is 2.37. The van der Waals surface area contributed by atoms with Gasteiger partial charge in [-0.15, -0.1) is 0 Å². The molecule has 0 spiro atoms. The van der Waals surface area contributed by atoms with Gasteiger partial charge in [-0.05, 0) is 25.8 Å². The molecule has 0 aliphatic heterocycles. The zero-order chi connectivity index (χ0) is 10.4. The minimum atomic E-state index is -0.248. The Morgan fingerprint density at radius 2 is 1.93 bits per heavy atom. The van der Waals surface area contributed by atoms with Crippen LogP contribution in [0.15, 0.2) is 0 Å². The molecule has 1 saturated carbocycles. The normalized spacial score (nSPS) is 20.6. The van der Waals surface area contributed by atoms with Crippen molar-refractivity contribution in [2.24, 2.45) is 5.73 Å². The average Bonchev–Trinajstić information content (AvgIpc) is 2.67. The maximum atomic E-state index is 12.4. The van der Waals surface area contributed by atoms with Crippen molar-refractivity contribution >= 4 is 0 Å². The Bertz CT molecular complexity index is 149.